The second-order valence-corrected chi connectivity index (χ2v) is 7.53. The summed E-state index contributed by atoms with van der Waals surface area (Å²) in [5.41, 5.74) is 3.56. The van der Waals surface area contributed by atoms with Gasteiger partial charge >= 0.3 is 6.03 Å². The van der Waals surface area contributed by atoms with Crippen LogP contribution in [0.5, 0.6) is 5.75 Å². The molecule has 1 heterocycles. The molecule has 2 aromatic carbocycles. The van der Waals surface area contributed by atoms with Gasteiger partial charge in [-0.15, -0.1) is 0 Å². The predicted octanol–water partition coefficient (Wildman–Crippen LogP) is 3.75. The first-order valence-electron chi connectivity index (χ1n) is 10.9. The van der Waals surface area contributed by atoms with Crippen molar-refractivity contribution in [2.24, 2.45) is 0 Å². The highest BCUT2D eigenvalue weighted by atomic mass is 16.5. The number of amides is 2. The summed E-state index contributed by atoms with van der Waals surface area (Å²) in [4.78, 5) is 19.1. The number of urea groups is 1. The zero-order valence-electron chi connectivity index (χ0n) is 18.4. The normalized spacial score (nSPS) is 13.8. The van der Waals surface area contributed by atoms with Crippen molar-refractivity contribution < 1.29 is 9.53 Å². The van der Waals surface area contributed by atoms with E-state index in [0.717, 1.165) is 37.6 Å². The van der Waals surface area contributed by atoms with Crippen LogP contribution < -0.4 is 19.9 Å². The molecule has 1 saturated heterocycles. The first kappa shape index (κ1) is 21.8. The molecule has 0 bridgehead atoms. The van der Waals surface area contributed by atoms with Crippen LogP contribution in [0, 0.1) is 6.92 Å². The maximum Gasteiger partial charge on any atom is 0.317 e. The van der Waals surface area contributed by atoms with Crippen molar-refractivity contribution in [1.82, 2.24) is 10.2 Å². The van der Waals surface area contributed by atoms with Gasteiger partial charge in [0.15, 0.2) is 0 Å². The average molecular weight is 411 g/mol. The van der Waals surface area contributed by atoms with E-state index in [-0.39, 0.29) is 6.03 Å². The minimum Gasteiger partial charge on any atom is -0.492 e. The Bertz CT molecular complexity index is 818. The lowest BCUT2D eigenvalue weighted by molar-refractivity contribution is 0.194. The van der Waals surface area contributed by atoms with Crippen molar-refractivity contribution in [2.75, 3.05) is 62.2 Å². The van der Waals surface area contributed by atoms with Gasteiger partial charge in [-0.1, -0.05) is 24.3 Å². The molecule has 0 aromatic heterocycles. The van der Waals surface area contributed by atoms with Crippen LogP contribution in [-0.4, -0.2) is 63.4 Å². The molecular weight excluding hydrogens is 376 g/mol. The van der Waals surface area contributed by atoms with Gasteiger partial charge in [0.2, 0.25) is 0 Å². The molecule has 0 saturated carbocycles. The molecule has 0 unspecified atom stereocenters. The smallest absolute Gasteiger partial charge is 0.317 e. The lowest BCUT2D eigenvalue weighted by atomic mass is 10.2. The van der Waals surface area contributed by atoms with E-state index in [1.807, 2.05) is 30.0 Å². The van der Waals surface area contributed by atoms with E-state index in [9.17, 15) is 4.79 Å². The fraction of sp³-hybridized carbons (Fsp3) is 0.458. The van der Waals surface area contributed by atoms with Crippen molar-refractivity contribution in [1.29, 1.82) is 0 Å². The number of rotatable bonds is 8. The summed E-state index contributed by atoms with van der Waals surface area (Å²) >= 11 is 0. The Balaban J connectivity index is 1.46. The Kier molecular flexibility index (Phi) is 7.82. The first-order chi connectivity index (χ1) is 14.6. The number of piperazine rings is 1. The van der Waals surface area contributed by atoms with Crippen LogP contribution in [0.2, 0.25) is 0 Å². The number of para-hydroxylation sites is 2. The van der Waals surface area contributed by atoms with Crippen LogP contribution >= 0.6 is 0 Å². The molecule has 30 heavy (non-hydrogen) atoms. The Morgan fingerprint density at radius 3 is 2.53 bits per heavy atom. The number of carbonyl (C=O) groups is 1. The molecule has 6 nitrogen and oxygen atoms in total. The largest absolute Gasteiger partial charge is 0.492 e. The van der Waals surface area contributed by atoms with E-state index in [0.29, 0.717) is 26.2 Å². The molecule has 1 N–H and O–H groups in total. The average Bonchev–Trinajstić information content (AvgIpc) is 2.77. The van der Waals surface area contributed by atoms with Crippen LogP contribution in [0.15, 0.2) is 48.5 Å². The molecule has 1 fully saturated rings. The highest BCUT2D eigenvalue weighted by Gasteiger charge is 2.22. The van der Waals surface area contributed by atoms with Crippen LogP contribution in [0.3, 0.4) is 0 Å². The molecule has 0 spiro atoms. The standard InChI is InChI=1S/C24H34N4O2/c1-4-26(21-10-8-9-20(3)19-21)14-13-25-24(29)28-17-15-27(16-18-28)22-11-6-7-12-23(22)30-5-2/h6-12,19H,4-5,13-18H2,1-3H3,(H,25,29). The SMILES string of the molecule is CCOc1ccccc1N1CCN(C(=O)NCCN(CC)c2cccc(C)c2)CC1. The number of anilines is 2. The fourth-order valence-corrected chi connectivity index (χ4v) is 3.85. The summed E-state index contributed by atoms with van der Waals surface area (Å²) in [6.45, 7) is 12.3. The molecule has 1 aliphatic rings. The molecule has 0 aliphatic carbocycles. The molecule has 6 heteroatoms. The summed E-state index contributed by atoms with van der Waals surface area (Å²) in [7, 11) is 0. The molecular formula is C24H34N4O2. The minimum atomic E-state index is 0.0213. The van der Waals surface area contributed by atoms with Gasteiger partial charge in [-0.05, 0) is 50.6 Å². The summed E-state index contributed by atoms with van der Waals surface area (Å²) in [6, 6.07) is 16.6. The number of hydrogen-bond donors (Lipinski definition) is 1. The van der Waals surface area contributed by atoms with E-state index < -0.39 is 0 Å². The lowest BCUT2D eigenvalue weighted by Crippen LogP contribution is -2.52. The van der Waals surface area contributed by atoms with E-state index in [4.69, 9.17) is 4.74 Å². The van der Waals surface area contributed by atoms with Crippen LogP contribution in [-0.2, 0) is 0 Å². The number of likely N-dealkylation sites (N-methyl/N-ethyl adjacent to an activating group) is 1. The molecule has 2 aromatic rings. The first-order valence-corrected chi connectivity index (χ1v) is 10.9. The second-order valence-electron chi connectivity index (χ2n) is 7.53. The highest BCUT2D eigenvalue weighted by Crippen LogP contribution is 2.28. The van der Waals surface area contributed by atoms with Gasteiger partial charge in [0.1, 0.15) is 5.75 Å². The number of benzene rings is 2. The number of nitrogens with zero attached hydrogens (tertiary/aromatic N) is 3. The maximum absolute atomic E-state index is 12.6. The predicted molar refractivity (Wildman–Crippen MR) is 124 cm³/mol. The van der Waals surface area contributed by atoms with Gasteiger partial charge in [-0.3, -0.25) is 0 Å². The zero-order valence-corrected chi connectivity index (χ0v) is 18.4. The monoisotopic (exact) mass is 410 g/mol. The number of ether oxygens (including phenoxy) is 1. The third-order valence-electron chi connectivity index (χ3n) is 5.48. The summed E-state index contributed by atoms with van der Waals surface area (Å²) in [6.07, 6.45) is 0. The van der Waals surface area contributed by atoms with Gasteiger partial charge < -0.3 is 24.8 Å². The van der Waals surface area contributed by atoms with Crippen molar-refractivity contribution in [3.05, 3.63) is 54.1 Å². The highest BCUT2D eigenvalue weighted by molar-refractivity contribution is 5.74. The molecule has 2 amide bonds. The van der Waals surface area contributed by atoms with Crippen LogP contribution in [0.1, 0.15) is 19.4 Å². The number of nitrogens with one attached hydrogen (secondary N) is 1. The van der Waals surface area contributed by atoms with Crippen molar-refractivity contribution in [3.63, 3.8) is 0 Å². The molecule has 0 atom stereocenters. The Morgan fingerprint density at radius 1 is 1.07 bits per heavy atom. The van der Waals surface area contributed by atoms with E-state index in [1.54, 1.807) is 0 Å². The molecule has 1 aliphatic heterocycles. The molecule has 3 rings (SSSR count). The van der Waals surface area contributed by atoms with Gasteiger partial charge in [0.25, 0.3) is 0 Å². The topological polar surface area (TPSA) is 48.1 Å². The Morgan fingerprint density at radius 2 is 1.83 bits per heavy atom. The second kappa shape index (κ2) is 10.8. The van der Waals surface area contributed by atoms with Gasteiger partial charge in [-0.25, -0.2) is 4.79 Å². The summed E-state index contributed by atoms with van der Waals surface area (Å²) < 4.78 is 5.76. The molecule has 162 valence electrons. The van der Waals surface area contributed by atoms with Crippen molar-refractivity contribution in [3.8, 4) is 5.75 Å². The Hall–Kier alpha value is -2.89. The van der Waals surface area contributed by atoms with E-state index >= 15 is 0 Å². The van der Waals surface area contributed by atoms with Crippen LogP contribution in [0.4, 0.5) is 16.2 Å². The van der Waals surface area contributed by atoms with Gasteiger partial charge in [0.05, 0.1) is 12.3 Å². The maximum atomic E-state index is 12.6. The fourth-order valence-electron chi connectivity index (χ4n) is 3.85. The van der Waals surface area contributed by atoms with Gasteiger partial charge in [-0.2, -0.15) is 0 Å². The van der Waals surface area contributed by atoms with Crippen LogP contribution in [0.25, 0.3) is 0 Å². The Labute approximate surface area is 180 Å². The van der Waals surface area contributed by atoms with E-state index in [1.165, 1.54) is 11.3 Å². The number of aryl methyl sites for hydroxylation is 1. The zero-order chi connectivity index (χ0) is 21.3. The van der Waals surface area contributed by atoms with Crippen molar-refractivity contribution >= 4 is 17.4 Å². The third-order valence-corrected chi connectivity index (χ3v) is 5.48. The minimum absolute atomic E-state index is 0.0213. The van der Waals surface area contributed by atoms with Gasteiger partial charge in [0, 0.05) is 51.5 Å². The third kappa shape index (κ3) is 5.59. The van der Waals surface area contributed by atoms with Crippen molar-refractivity contribution in [2.45, 2.75) is 20.8 Å². The van der Waals surface area contributed by atoms with E-state index in [2.05, 4.69) is 59.3 Å². The number of hydrogen-bond acceptors (Lipinski definition) is 4. The molecule has 0 radical (unpaired) electrons. The summed E-state index contributed by atoms with van der Waals surface area (Å²) in [5, 5.41) is 3.09. The summed E-state index contributed by atoms with van der Waals surface area (Å²) in [5.74, 6) is 0.911. The number of carbonyl (C=O) groups excluding carboxylic acids is 1. The quantitative estimate of drug-likeness (QED) is 0.720. The lowest BCUT2D eigenvalue weighted by Gasteiger charge is -2.36.